The van der Waals surface area contributed by atoms with Crippen LogP contribution in [0.5, 0.6) is 5.88 Å². The van der Waals surface area contributed by atoms with Crippen LogP contribution in [0.4, 0.5) is 11.5 Å². The van der Waals surface area contributed by atoms with Gasteiger partial charge in [0, 0.05) is 31.5 Å². The Balaban J connectivity index is 1.47. The number of morpholine rings is 1. The van der Waals surface area contributed by atoms with Gasteiger partial charge in [-0.2, -0.15) is 5.26 Å². The normalized spacial score (nSPS) is 23.4. The topological polar surface area (TPSA) is 83.3 Å². The molecule has 2 bridgehead atoms. The number of fused-ring (bicyclic) bond motifs is 2. The Bertz CT molecular complexity index is 1000. The molecule has 7 nitrogen and oxygen atoms in total. The molecule has 2 aromatic rings. The fraction of sp³-hybridized carbons (Fsp3) is 0.542. The van der Waals surface area contributed by atoms with Gasteiger partial charge >= 0.3 is 0 Å². The molecule has 1 aromatic carbocycles. The number of anilines is 2. The molecule has 0 aliphatic carbocycles. The van der Waals surface area contributed by atoms with Crippen LogP contribution in [0.15, 0.2) is 24.5 Å². The molecule has 2 aliphatic rings. The van der Waals surface area contributed by atoms with Crippen LogP contribution in [-0.2, 0) is 4.74 Å². The van der Waals surface area contributed by atoms with Gasteiger partial charge in [0.2, 0.25) is 5.88 Å². The number of hydrogen-bond donors (Lipinski definition) is 1. The van der Waals surface area contributed by atoms with E-state index in [0.717, 1.165) is 38.2 Å². The van der Waals surface area contributed by atoms with E-state index in [1.54, 1.807) is 18.2 Å². The third kappa shape index (κ3) is 5.15. The Labute approximate surface area is 194 Å². The van der Waals surface area contributed by atoms with E-state index in [-0.39, 0.29) is 11.5 Å². The van der Waals surface area contributed by atoms with Gasteiger partial charge in [-0.25, -0.2) is 9.97 Å². The Morgan fingerprint density at radius 2 is 1.97 bits per heavy atom. The molecular formula is C24H30ClN5O2. The van der Waals surface area contributed by atoms with Crippen molar-refractivity contribution in [2.24, 2.45) is 5.41 Å². The maximum atomic E-state index is 9.03. The molecule has 0 spiro atoms. The molecule has 0 unspecified atom stereocenters. The first-order valence-corrected chi connectivity index (χ1v) is 11.4. The number of piperidine rings is 1. The highest BCUT2D eigenvalue weighted by Gasteiger charge is 2.41. The summed E-state index contributed by atoms with van der Waals surface area (Å²) in [5.41, 5.74) is 2.27. The SMILES string of the molecule is Cc1c(Nc2ccc(C#N)cc2Cl)ncnc1OC1C[C@@H]2COC[C@@H](C1)N2CC(C)(C)C. The van der Waals surface area contributed by atoms with Gasteiger partial charge < -0.3 is 14.8 Å². The second-order valence-electron chi connectivity index (χ2n) is 9.87. The summed E-state index contributed by atoms with van der Waals surface area (Å²) < 4.78 is 12.2. The number of hydrogen-bond acceptors (Lipinski definition) is 7. The van der Waals surface area contributed by atoms with Gasteiger partial charge in [-0.1, -0.05) is 32.4 Å². The van der Waals surface area contributed by atoms with Crippen LogP contribution in [0.3, 0.4) is 0 Å². The molecule has 0 saturated carbocycles. The molecule has 2 aliphatic heterocycles. The van der Waals surface area contributed by atoms with E-state index in [2.05, 4.69) is 47.0 Å². The van der Waals surface area contributed by atoms with Crippen molar-refractivity contribution < 1.29 is 9.47 Å². The molecule has 3 heterocycles. The molecule has 4 rings (SSSR count). The molecule has 170 valence electrons. The van der Waals surface area contributed by atoms with Crippen LogP contribution < -0.4 is 10.1 Å². The first-order valence-electron chi connectivity index (χ1n) is 11.0. The standard InChI is InChI=1S/C24H30ClN5O2/c1-15-22(29-21-6-5-16(10-26)7-20(21)25)27-14-28-23(15)32-19-8-17-11-31-12-18(9-19)30(17)13-24(2,3)4/h5-7,14,17-19H,8-9,11-13H2,1-4H3,(H,27,28,29)/t17-,18-/m1/s1. The van der Waals surface area contributed by atoms with Gasteiger partial charge in [0.15, 0.2) is 0 Å². The number of ether oxygens (including phenoxy) is 2. The van der Waals surface area contributed by atoms with Gasteiger partial charge in [-0.3, -0.25) is 4.90 Å². The number of nitrogens with one attached hydrogen (secondary N) is 1. The van der Waals surface area contributed by atoms with Gasteiger partial charge in [0.25, 0.3) is 0 Å². The Morgan fingerprint density at radius 3 is 2.59 bits per heavy atom. The van der Waals surface area contributed by atoms with E-state index in [1.165, 1.54) is 6.33 Å². The van der Waals surface area contributed by atoms with E-state index < -0.39 is 0 Å². The lowest BCUT2D eigenvalue weighted by Gasteiger charge is -2.50. The summed E-state index contributed by atoms with van der Waals surface area (Å²) in [5.74, 6) is 1.22. The highest BCUT2D eigenvalue weighted by atomic mass is 35.5. The summed E-state index contributed by atoms with van der Waals surface area (Å²) in [6.07, 6.45) is 3.42. The third-order valence-electron chi connectivity index (χ3n) is 5.95. The maximum Gasteiger partial charge on any atom is 0.221 e. The zero-order valence-electron chi connectivity index (χ0n) is 19.1. The Kier molecular flexibility index (Phi) is 6.57. The quantitative estimate of drug-likeness (QED) is 0.698. The molecule has 2 saturated heterocycles. The van der Waals surface area contributed by atoms with E-state index >= 15 is 0 Å². The molecule has 1 aromatic heterocycles. The second-order valence-corrected chi connectivity index (χ2v) is 10.3. The summed E-state index contributed by atoms with van der Waals surface area (Å²) >= 11 is 6.31. The smallest absolute Gasteiger partial charge is 0.221 e. The molecule has 0 amide bonds. The van der Waals surface area contributed by atoms with Crippen molar-refractivity contribution in [1.29, 1.82) is 5.26 Å². The fourth-order valence-corrected chi connectivity index (χ4v) is 4.72. The predicted molar refractivity (Wildman–Crippen MR) is 124 cm³/mol. The lowest BCUT2D eigenvalue weighted by Crippen LogP contribution is -2.60. The van der Waals surface area contributed by atoms with Crippen molar-refractivity contribution in [2.75, 3.05) is 25.1 Å². The highest BCUT2D eigenvalue weighted by Crippen LogP contribution is 2.34. The maximum absolute atomic E-state index is 9.03. The summed E-state index contributed by atoms with van der Waals surface area (Å²) in [7, 11) is 0. The molecule has 32 heavy (non-hydrogen) atoms. The zero-order chi connectivity index (χ0) is 22.9. The summed E-state index contributed by atoms with van der Waals surface area (Å²) in [6.45, 7) is 11.3. The van der Waals surface area contributed by atoms with Crippen molar-refractivity contribution in [3.8, 4) is 11.9 Å². The van der Waals surface area contributed by atoms with Crippen molar-refractivity contribution in [3.05, 3.63) is 40.7 Å². The molecular weight excluding hydrogens is 426 g/mol. The number of nitrogens with zero attached hydrogens (tertiary/aromatic N) is 4. The summed E-state index contributed by atoms with van der Waals surface area (Å²) in [6, 6.07) is 7.93. The predicted octanol–water partition coefficient (Wildman–Crippen LogP) is 4.71. The molecule has 1 N–H and O–H groups in total. The van der Waals surface area contributed by atoms with Crippen molar-refractivity contribution in [2.45, 2.75) is 58.7 Å². The van der Waals surface area contributed by atoms with E-state index in [9.17, 15) is 0 Å². The van der Waals surface area contributed by atoms with Crippen molar-refractivity contribution in [1.82, 2.24) is 14.9 Å². The van der Waals surface area contributed by atoms with Crippen LogP contribution in [0, 0.1) is 23.7 Å². The first-order chi connectivity index (χ1) is 15.2. The number of benzene rings is 1. The number of aromatic nitrogens is 2. The fourth-order valence-electron chi connectivity index (χ4n) is 4.49. The average molecular weight is 456 g/mol. The van der Waals surface area contributed by atoms with Gasteiger partial charge in [-0.05, 0) is 30.5 Å². The minimum Gasteiger partial charge on any atom is -0.474 e. The van der Waals surface area contributed by atoms with Gasteiger partial charge in [0.05, 0.1) is 41.1 Å². The van der Waals surface area contributed by atoms with Gasteiger partial charge in [-0.15, -0.1) is 0 Å². The summed E-state index contributed by atoms with van der Waals surface area (Å²) in [5, 5.41) is 12.7. The van der Waals surface area contributed by atoms with Gasteiger partial charge in [0.1, 0.15) is 18.2 Å². The van der Waals surface area contributed by atoms with E-state index in [0.29, 0.717) is 40.1 Å². The Hall–Kier alpha value is -2.40. The average Bonchev–Trinajstić information content (AvgIpc) is 2.71. The summed E-state index contributed by atoms with van der Waals surface area (Å²) in [4.78, 5) is 11.4. The van der Waals surface area contributed by atoms with Crippen LogP contribution in [-0.4, -0.2) is 52.8 Å². The van der Waals surface area contributed by atoms with Crippen LogP contribution >= 0.6 is 11.6 Å². The van der Waals surface area contributed by atoms with E-state index in [4.69, 9.17) is 26.3 Å². The van der Waals surface area contributed by atoms with Crippen LogP contribution in [0.25, 0.3) is 0 Å². The van der Waals surface area contributed by atoms with Crippen LogP contribution in [0.1, 0.15) is 44.7 Å². The molecule has 0 radical (unpaired) electrons. The third-order valence-corrected chi connectivity index (χ3v) is 6.27. The minimum atomic E-state index is 0.0880. The molecule has 8 heteroatoms. The van der Waals surface area contributed by atoms with E-state index in [1.807, 2.05) is 6.92 Å². The zero-order valence-corrected chi connectivity index (χ0v) is 19.8. The van der Waals surface area contributed by atoms with Crippen molar-refractivity contribution >= 4 is 23.1 Å². The molecule has 2 fully saturated rings. The lowest BCUT2D eigenvalue weighted by molar-refractivity contribution is -0.109. The molecule has 2 atom stereocenters. The number of nitriles is 1. The number of rotatable bonds is 5. The monoisotopic (exact) mass is 455 g/mol. The minimum absolute atomic E-state index is 0.0880. The lowest BCUT2D eigenvalue weighted by atomic mass is 9.87. The highest BCUT2D eigenvalue weighted by molar-refractivity contribution is 6.33. The van der Waals surface area contributed by atoms with Crippen LogP contribution in [0.2, 0.25) is 5.02 Å². The van der Waals surface area contributed by atoms with Crippen molar-refractivity contribution in [3.63, 3.8) is 0 Å². The Morgan fingerprint density at radius 1 is 1.25 bits per heavy atom. The number of halogens is 1. The largest absolute Gasteiger partial charge is 0.474 e. The second kappa shape index (κ2) is 9.22. The first kappa shape index (κ1) is 22.8.